The standard InChI is InChI=1S/C25H31F3N2O3/c1-24(20-2-5-22(6-3-20)33-11-10-29-14-18(13-26)15-29)23-7-4-21(32)12-19(23)8-9-30(24)16-25(27,28)17-31/h2-7,12,18,31-32H,8-11,13-17H2,1H3/t24-/m0/s1. The fourth-order valence-electron chi connectivity index (χ4n) is 4.94. The topological polar surface area (TPSA) is 56.2 Å². The number of fused-ring (bicyclic) bond motifs is 1. The monoisotopic (exact) mass is 464 g/mol. The summed E-state index contributed by atoms with van der Waals surface area (Å²) in [5, 5.41) is 19.1. The highest BCUT2D eigenvalue weighted by atomic mass is 19.3. The number of aliphatic hydroxyl groups excluding tert-OH is 1. The summed E-state index contributed by atoms with van der Waals surface area (Å²) in [5.41, 5.74) is 1.73. The van der Waals surface area contributed by atoms with Crippen LogP contribution in [-0.4, -0.2) is 78.5 Å². The Labute approximate surface area is 192 Å². The first-order valence-corrected chi connectivity index (χ1v) is 11.3. The SMILES string of the molecule is C[C@]1(c2ccc(OCCN3CC(CF)C3)cc2)c2ccc(O)cc2CCN1CC(F)(F)CO. The van der Waals surface area contributed by atoms with Crippen LogP contribution in [0.4, 0.5) is 13.2 Å². The number of aromatic hydroxyl groups is 1. The van der Waals surface area contributed by atoms with Crippen molar-refractivity contribution in [1.82, 2.24) is 9.80 Å². The summed E-state index contributed by atoms with van der Waals surface area (Å²) in [6.45, 7) is 2.96. The second-order valence-corrected chi connectivity index (χ2v) is 9.25. The summed E-state index contributed by atoms with van der Waals surface area (Å²) >= 11 is 0. The molecule has 5 nitrogen and oxygen atoms in total. The molecule has 2 heterocycles. The normalized spacial score (nSPS) is 22.1. The summed E-state index contributed by atoms with van der Waals surface area (Å²) in [6.07, 6.45) is 0.530. The number of aliphatic hydroxyl groups is 1. The number of alkyl halides is 3. The van der Waals surface area contributed by atoms with Gasteiger partial charge in [0.15, 0.2) is 0 Å². The van der Waals surface area contributed by atoms with Gasteiger partial charge in [0.25, 0.3) is 5.92 Å². The van der Waals surface area contributed by atoms with Crippen molar-refractivity contribution in [3.63, 3.8) is 0 Å². The fraction of sp³-hybridized carbons (Fsp3) is 0.520. The summed E-state index contributed by atoms with van der Waals surface area (Å²) in [4.78, 5) is 3.84. The van der Waals surface area contributed by atoms with Crippen LogP contribution in [0.1, 0.15) is 23.6 Å². The van der Waals surface area contributed by atoms with E-state index < -0.39 is 24.6 Å². The van der Waals surface area contributed by atoms with Gasteiger partial charge in [-0.3, -0.25) is 14.2 Å². The van der Waals surface area contributed by atoms with Gasteiger partial charge >= 0.3 is 0 Å². The van der Waals surface area contributed by atoms with E-state index in [1.165, 1.54) is 0 Å². The van der Waals surface area contributed by atoms with E-state index in [1.54, 1.807) is 23.1 Å². The highest BCUT2D eigenvalue weighted by molar-refractivity contribution is 5.48. The predicted octanol–water partition coefficient (Wildman–Crippen LogP) is 3.42. The van der Waals surface area contributed by atoms with E-state index in [9.17, 15) is 18.3 Å². The summed E-state index contributed by atoms with van der Waals surface area (Å²) in [5.74, 6) is -2.25. The second kappa shape index (κ2) is 9.52. The van der Waals surface area contributed by atoms with Gasteiger partial charge in [0.2, 0.25) is 0 Å². The number of ether oxygens (including phenoxy) is 1. The molecule has 2 aliphatic rings. The number of benzene rings is 2. The lowest BCUT2D eigenvalue weighted by Crippen LogP contribution is -2.54. The van der Waals surface area contributed by atoms with Crippen LogP contribution in [0, 0.1) is 5.92 Å². The number of halogens is 3. The van der Waals surface area contributed by atoms with Crippen molar-refractivity contribution in [2.24, 2.45) is 5.92 Å². The maximum absolute atomic E-state index is 14.2. The maximum Gasteiger partial charge on any atom is 0.283 e. The molecular formula is C25H31F3N2O3. The Hall–Kier alpha value is -2.29. The zero-order chi connectivity index (χ0) is 23.6. The molecule has 4 rings (SSSR count). The van der Waals surface area contributed by atoms with Crippen molar-refractivity contribution in [2.75, 3.05) is 52.6 Å². The molecule has 1 fully saturated rings. The zero-order valence-corrected chi connectivity index (χ0v) is 18.8. The molecule has 0 saturated carbocycles. The highest BCUT2D eigenvalue weighted by Gasteiger charge is 2.44. The molecule has 0 amide bonds. The zero-order valence-electron chi connectivity index (χ0n) is 18.8. The molecule has 2 aromatic rings. The van der Waals surface area contributed by atoms with Crippen LogP contribution in [0.2, 0.25) is 0 Å². The Morgan fingerprint density at radius 3 is 2.55 bits per heavy atom. The quantitative estimate of drug-likeness (QED) is 0.596. The molecule has 0 bridgehead atoms. The number of hydrogen-bond donors (Lipinski definition) is 2. The van der Waals surface area contributed by atoms with Crippen molar-refractivity contribution in [3.8, 4) is 11.5 Å². The Bertz CT molecular complexity index is 950. The lowest BCUT2D eigenvalue weighted by molar-refractivity contribution is -0.0893. The number of likely N-dealkylation sites (tertiary alicyclic amines) is 1. The fourth-order valence-corrected chi connectivity index (χ4v) is 4.94. The van der Waals surface area contributed by atoms with E-state index >= 15 is 0 Å². The highest BCUT2D eigenvalue weighted by Crippen LogP contribution is 2.43. The molecule has 0 radical (unpaired) electrons. The molecule has 2 N–H and O–H groups in total. The average molecular weight is 465 g/mol. The van der Waals surface area contributed by atoms with Crippen LogP contribution in [0.25, 0.3) is 0 Å². The van der Waals surface area contributed by atoms with Crippen LogP contribution in [-0.2, 0) is 12.0 Å². The van der Waals surface area contributed by atoms with Crippen LogP contribution >= 0.6 is 0 Å². The molecule has 2 aliphatic heterocycles. The van der Waals surface area contributed by atoms with Crippen LogP contribution < -0.4 is 4.74 Å². The van der Waals surface area contributed by atoms with Gasteiger partial charge in [0.05, 0.1) is 18.8 Å². The van der Waals surface area contributed by atoms with Gasteiger partial charge in [-0.1, -0.05) is 18.2 Å². The molecule has 8 heteroatoms. The third-order valence-electron chi connectivity index (χ3n) is 6.89. The van der Waals surface area contributed by atoms with E-state index in [4.69, 9.17) is 9.84 Å². The summed E-state index contributed by atoms with van der Waals surface area (Å²) < 4.78 is 46.8. The summed E-state index contributed by atoms with van der Waals surface area (Å²) in [7, 11) is 0. The minimum Gasteiger partial charge on any atom is -0.508 e. The molecule has 0 spiro atoms. The Morgan fingerprint density at radius 2 is 1.88 bits per heavy atom. The second-order valence-electron chi connectivity index (χ2n) is 9.25. The number of phenols is 1. The van der Waals surface area contributed by atoms with E-state index in [0.29, 0.717) is 25.3 Å². The van der Waals surface area contributed by atoms with Crippen LogP contribution in [0.15, 0.2) is 42.5 Å². The summed E-state index contributed by atoms with van der Waals surface area (Å²) in [6, 6.07) is 12.5. The van der Waals surface area contributed by atoms with Gasteiger partial charge in [-0.05, 0) is 54.3 Å². The first kappa shape index (κ1) is 23.9. The van der Waals surface area contributed by atoms with Crippen molar-refractivity contribution >= 4 is 0 Å². The van der Waals surface area contributed by atoms with Crippen molar-refractivity contribution < 1.29 is 28.1 Å². The third-order valence-corrected chi connectivity index (χ3v) is 6.89. The Balaban J connectivity index is 1.53. The molecule has 2 aromatic carbocycles. The lowest BCUT2D eigenvalue weighted by atomic mass is 9.76. The number of phenolic OH excluding ortho intramolecular Hbond substituents is 1. The number of rotatable bonds is 9. The van der Waals surface area contributed by atoms with Crippen molar-refractivity contribution in [3.05, 3.63) is 59.2 Å². The largest absolute Gasteiger partial charge is 0.508 e. The van der Waals surface area contributed by atoms with E-state index in [-0.39, 0.29) is 18.3 Å². The Morgan fingerprint density at radius 1 is 1.15 bits per heavy atom. The molecule has 0 unspecified atom stereocenters. The van der Waals surface area contributed by atoms with Gasteiger partial charge in [-0.2, -0.15) is 0 Å². The Kier molecular flexibility index (Phi) is 6.88. The molecule has 0 aliphatic carbocycles. The molecule has 0 aromatic heterocycles. The molecular weight excluding hydrogens is 433 g/mol. The first-order valence-electron chi connectivity index (χ1n) is 11.3. The predicted molar refractivity (Wildman–Crippen MR) is 120 cm³/mol. The van der Waals surface area contributed by atoms with Crippen LogP contribution in [0.5, 0.6) is 11.5 Å². The van der Waals surface area contributed by atoms with Gasteiger partial charge in [-0.15, -0.1) is 0 Å². The third kappa shape index (κ3) is 4.98. The minimum atomic E-state index is -3.23. The maximum atomic E-state index is 14.2. The van der Waals surface area contributed by atoms with E-state index in [0.717, 1.165) is 36.3 Å². The molecule has 1 saturated heterocycles. The minimum absolute atomic E-state index is 0.145. The molecule has 1 atom stereocenters. The van der Waals surface area contributed by atoms with Crippen molar-refractivity contribution in [2.45, 2.75) is 24.8 Å². The molecule has 180 valence electrons. The van der Waals surface area contributed by atoms with E-state index in [2.05, 4.69) is 4.90 Å². The first-order chi connectivity index (χ1) is 15.7. The van der Waals surface area contributed by atoms with E-state index in [1.807, 2.05) is 31.2 Å². The van der Waals surface area contributed by atoms with Gasteiger partial charge in [0.1, 0.15) is 24.7 Å². The number of nitrogens with zero attached hydrogens (tertiary/aromatic N) is 2. The average Bonchev–Trinajstić information content (AvgIpc) is 2.77. The van der Waals surface area contributed by atoms with Crippen LogP contribution in [0.3, 0.4) is 0 Å². The lowest BCUT2D eigenvalue weighted by Gasteiger charge is -2.47. The van der Waals surface area contributed by atoms with Gasteiger partial charge in [0, 0.05) is 32.1 Å². The van der Waals surface area contributed by atoms with Gasteiger partial charge < -0.3 is 14.9 Å². The van der Waals surface area contributed by atoms with Crippen molar-refractivity contribution in [1.29, 1.82) is 0 Å². The van der Waals surface area contributed by atoms with Gasteiger partial charge in [-0.25, -0.2) is 8.78 Å². The molecule has 33 heavy (non-hydrogen) atoms. The number of hydrogen-bond acceptors (Lipinski definition) is 5. The smallest absolute Gasteiger partial charge is 0.283 e.